The lowest BCUT2D eigenvalue weighted by Gasteiger charge is -2.37. The third-order valence-corrected chi connectivity index (χ3v) is 4.42. The number of nitrogens with zero attached hydrogens (tertiary/aromatic N) is 4. The number of carboxylic acids is 1. The van der Waals surface area contributed by atoms with Gasteiger partial charge in [0.25, 0.3) is 0 Å². The molecule has 7 nitrogen and oxygen atoms in total. The predicted octanol–water partition coefficient (Wildman–Crippen LogP) is 1.29. The van der Waals surface area contributed by atoms with Crippen LogP contribution in [0.3, 0.4) is 0 Å². The van der Waals surface area contributed by atoms with Crippen molar-refractivity contribution in [3.05, 3.63) is 53.9 Å². The van der Waals surface area contributed by atoms with Crippen molar-refractivity contribution in [2.45, 2.75) is 19.1 Å². The molecule has 0 amide bonds. The van der Waals surface area contributed by atoms with E-state index in [-0.39, 0.29) is 0 Å². The van der Waals surface area contributed by atoms with Crippen molar-refractivity contribution in [2.24, 2.45) is 0 Å². The second-order valence-corrected chi connectivity index (χ2v) is 6.32. The van der Waals surface area contributed by atoms with E-state index in [2.05, 4.69) is 20.2 Å². The Bertz CT molecular complexity index is 692. The molecule has 1 aliphatic heterocycles. The molecule has 2 N–H and O–H groups in total. The summed E-state index contributed by atoms with van der Waals surface area (Å²) in [6.07, 6.45) is 3.60. The van der Waals surface area contributed by atoms with Crippen LogP contribution in [0.2, 0.25) is 0 Å². The topological polar surface area (TPSA) is 81.6 Å². The molecule has 1 atom stereocenters. The summed E-state index contributed by atoms with van der Waals surface area (Å²) in [5.74, 6) is -0.182. The van der Waals surface area contributed by atoms with Gasteiger partial charge in [-0.15, -0.1) is 0 Å². The molecule has 1 aromatic carbocycles. The zero-order valence-corrected chi connectivity index (χ0v) is 14.3. The van der Waals surface area contributed by atoms with Gasteiger partial charge < -0.3 is 10.4 Å². The fourth-order valence-electron chi connectivity index (χ4n) is 2.90. The Hall–Kier alpha value is -2.51. The zero-order valence-electron chi connectivity index (χ0n) is 14.3. The van der Waals surface area contributed by atoms with Gasteiger partial charge in [0.2, 0.25) is 5.95 Å². The summed E-state index contributed by atoms with van der Waals surface area (Å²) in [4.78, 5) is 24.0. The quantitative estimate of drug-likeness (QED) is 0.819. The minimum Gasteiger partial charge on any atom is -0.480 e. The number of piperazine rings is 1. The first-order valence-corrected chi connectivity index (χ1v) is 8.36. The van der Waals surface area contributed by atoms with Gasteiger partial charge in [0.1, 0.15) is 6.04 Å². The largest absolute Gasteiger partial charge is 0.480 e. The Kier molecular flexibility index (Phi) is 5.57. The molecule has 3 rings (SSSR count). The van der Waals surface area contributed by atoms with Crippen molar-refractivity contribution in [3.63, 3.8) is 0 Å². The average molecular weight is 341 g/mol. The van der Waals surface area contributed by atoms with E-state index in [1.807, 2.05) is 42.3 Å². The zero-order chi connectivity index (χ0) is 17.6. The van der Waals surface area contributed by atoms with Gasteiger partial charge in [0.15, 0.2) is 0 Å². The van der Waals surface area contributed by atoms with Gasteiger partial charge in [0.05, 0.1) is 0 Å². The van der Waals surface area contributed by atoms with Crippen LogP contribution in [0.15, 0.2) is 42.7 Å². The number of aromatic nitrogens is 2. The van der Waals surface area contributed by atoms with Gasteiger partial charge in [-0.3, -0.25) is 14.6 Å². The van der Waals surface area contributed by atoms with E-state index in [4.69, 9.17) is 0 Å². The Labute approximate surface area is 147 Å². The molecule has 0 saturated carbocycles. The molecule has 0 radical (unpaired) electrons. The number of carbonyl (C=O) groups is 1. The highest BCUT2D eigenvalue weighted by molar-refractivity contribution is 5.73. The van der Waals surface area contributed by atoms with Gasteiger partial charge >= 0.3 is 5.97 Å². The lowest BCUT2D eigenvalue weighted by atomic mass is 10.1. The third-order valence-electron chi connectivity index (χ3n) is 4.42. The van der Waals surface area contributed by atoms with E-state index in [0.717, 1.165) is 18.7 Å². The van der Waals surface area contributed by atoms with Crippen molar-refractivity contribution in [1.82, 2.24) is 19.8 Å². The molecule has 2 aromatic rings. The van der Waals surface area contributed by atoms with Crippen molar-refractivity contribution in [3.8, 4) is 0 Å². The normalized spacial score (nSPS) is 18.8. The first-order valence-electron chi connectivity index (χ1n) is 8.36. The van der Waals surface area contributed by atoms with Gasteiger partial charge in [-0.1, -0.05) is 30.3 Å². The number of nitrogens with one attached hydrogen (secondary N) is 1. The molecule has 2 heterocycles. The molecular weight excluding hydrogens is 318 g/mol. The summed E-state index contributed by atoms with van der Waals surface area (Å²) < 4.78 is 0. The number of hydrogen-bond donors (Lipinski definition) is 2. The first-order chi connectivity index (χ1) is 12.1. The molecule has 0 aliphatic carbocycles. The molecule has 0 spiro atoms. The molecular formula is C18H23N5O2. The summed E-state index contributed by atoms with van der Waals surface area (Å²) in [6.45, 7) is 3.44. The van der Waals surface area contributed by atoms with Crippen LogP contribution < -0.4 is 5.32 Å². The van der Waals surface area contributed by atoms with E-state index < -0.39 is 12.0 Å². The molecule has 1 aromatic heterocycles. The van der Waals surface area contributed by atoms with Crippen molar-refractivity contribution in [1.29, 1.82) is 0 Å². The van der Waals surface area contributed by atoms with E-state index in [9.17, 15) is 9.90 Å². The van der Waals surface area contributed by atoms with Crippen LogP contribution in [0, 0.1) is 0 Å². The fourth-order valence-corrected chi connectivity index (χ4v) is 2.90. The van der Waals surface area contributed by atoms with Gasteiger partial charge in [-0.25, -0.2) is 9.97 Å². The molecule has 1 saturated heterocycles. The summed E-state index contributed by atoms with van der Waals surface area (Å²) in [5, 5.41) is 12.5. The molecule has 132 valence electrons. The van der Waals surface area contributed by atoms with Crippen LogP contribution in [0.5, 0.6) is 0 Å². The Balaban J connectivity index is 1.53. The van der Waals surface area contributed by atoms with Crippen LogP contribution in [0.4, 0.5) is 5.95 Å². The predicted molar refractivity (Wildman–Crippen MR) is 95.1 cm³/mol. The molecule has 0 bridgehead atoms. The van der Waals surface area contributed by atoms with Crippen molar-refractivity contribution < 1.29 is 9.90 Å². The molecule has 0 unspecified atom stereocenters. The Morgan fingerprint density at radius 3 is 2.60 bits per heavy atom. The van der Waals surface area contributed by atoms with Crippen LogP contribution in [-0.2, 0) is 17.9 Å². The Morgan fingerprint density at radius 2 is 1.92 bits per heavy atom. The maximum Gasteiger partial charge on any atom is 0.322 e. The SMILES string of the molecule is CN1CCN(Cc2cnc(NCc3ccccc3)nc2)C[C@H]1C(=O)O. The number of aliphatic carboxylic acids is 1. The van der Waals surface area contributed by atoms with Gasteiger partial charge in [0, 0.05) is 50.7 Å². The van der Waals surface area contributed by atoms with Crippen molar-refractivity contribution in [2.75, 3.05) is 32.0 Å². The minimum atomic E-state index is -0.774. The van der Waals surface area contributed by atoms with E-state index in [1.54, 1.807) is 12.4 Å². The molecule has 1 fully saturated rings. The molecule has 25 heavy (non-hydrogen) atoms. The molecule has 7 heteroatoms. The number of anilines is 1. The second kappa shape index (κ2) is 8.04. The summed E-state index contributed by atoms with van der Waals surface area (Å²) in [6, 6.07) is 9.63. The third kappa shape index (κ3) is 4.74. The smallest absolute Gasteiger partial charge is 0.322 e. The number of benzene rings is 1. The van der Waals surface area contributed by atoms with Crippen LogP contribution in [0.25, 0.3) is 0 Å². The van der Waals surface area contributed by atoms with Crippen LogP contribution >= 0.6 is 0 Å². The van der Waals surface area contributed by atoms with E-state index in [1.165, 1.54) is 5.56 Å². The number of hydrogen-bond acceptors (Lipinski definition) is 6. The number of likely N-dealkylation sites (N-methyl/N-ethyl adjacent to an activating group) is 1. The van der Waals surface area contributed by atoms with Crippen LogP contribution in [0.1, 0.15) is 11.1 Å². The monoisotopic (exact) mass is 341 g/mol. The standard InChI is InChI=1S/C18H23N5O2/c1-22-7-8-23(13-16(22)17(24)25)12-15-10-20-18(21-11-15)19-9-14-5-3-2-4-6-14/h2-6,10-11,16H,7-9,12-13H2,1H3,(H,24,25)(H,19,20,21)/t16-/m0/s1. The first kappa shape index (κ1) is 17.3. The van der Waals surface area contributed by atoms with Crippen LogP contribution in [-0.4, -0.2) is 63.6 Å². The lowest BCUT2D eigenvalue weighted by molar-refractivity contribution is -0.145. The van der Waals surface area contributed by atoms with Crippen molar-refractivity contribution >= 4 is 11.9 Å². The lowest BCUT2D eigenvalue weighted by Crippen LogP contribution is -2.54. The minimum absolute atomic E-state index is 0.457. The highest BCUT2D eigenvalue weighted by Crippen LogP contribution is 2.12. The maximum atomic E-state index is 11.3. The summed E-state index contributed by atoms with van der Waals surface area (Å²) in [7, 11) is 1.85. The highest BCUT2D eigenvalue weighted by atomic mass is 16.4. The second-order valence-electron chi connectivity index (χ2n) is 6.32. The fraction of sp³-hybridized carbons (Fsp3) is 0.389. The summed E-state index contributed by atoms with van der Waals surface area (Å²) >= 11 is 0. The summed E-state index contributed by atoms with van der Waals surface area (Å²) in [5.41, 5.74) is 2.16. The molecule has 1 aliphatic rings. The average Bonchev–Trinajstić information content (AvgIpc) is 2.63. The van der Waals surface area contributed by atoms with Gasteiger partial charge in [-0.05, 0) is 12.6 Å². The maximum absolute atomic E-state index is 11.3. The Morgan fingerprint density at radius 1 is 1.20 bits per heavy atom. The van der Waals surface area contributed by atoms with E-state index in [0.29, 0.717) is 25.6 Å². The van der Waals surface area contributed by atoms with E-state index >= 15 is 0 Å². The number of rotatable bonds is 6. The highest BCUT2D eigenvalue weighted by Gasteiger charge is 2.29. The van der Waals surface area contributed by atoms with Gasteiger partial charge in [-0.2, -0.15) is 0 Å². The number of carboxylic acid groups (broad SMARTS) is 1.